The maximum Gasteiger partial charge on any atom is 0.275 e. The third-order valence-corrected chi connectivity index (χ3v) is 7.66. The summed E-state index contributed by atoms with van der Waals surface area (Å²) < 4.78 is 32.9. The second-order valence-corrected chi connectivity index (χ2v) is 10.5. The number of fused-ring (bicyclic) bond motifs is 1. The van der Waals surface area contributed by atoms with Crippen molar-refractivity contribution in [1.29, 1.82) is 0 Å². The highest BCUT2D eigenvalue weighted by atomic mass is 35.5. The number of hydrogen-bond donors (Lipinski definition) is 1. The molecule has 2 N–H and O–H groups in total. The average molecular weight is 568 g/mol. The molecule has 1 atom stereocenters. The van der Waals surface area contributed by atoms with Gasteiger partial charge in [0.05, 0.1) is 33.6 Å². The summed E-state index contributed by atoms with van der Waals surface area (Å²) in [4.78, 5) is 41.2. The standard InChI is InChI=1S/C29H28ClF2N5O3/c1-18-10-13-37(34-18)20-8-9-22(24(30)15-20)28(40)36-14-11-29(31,32)23(21-6-2-3-7-25(21)36)16-26(38)35-12-4-5-19(17-35)27(33)39/h2-3,6-10,13,15-16,19H,4-5,11-12,14,17H2,1H3,(H2,33,39). The quantitative estimate of drug-likeness (QED) is 0.465. The highest BCUT2D eigenvalue weighted by Crippen LogP contribution is 2.43. The molecule has 3 aromatic rings. The SMILES string of the molecule is Cc1ccn(-c2ccc(C(=O)N3CCC(F)(F)C(=CC(=O)N4CCCC(C(N)=O)C4)c4ccccc43)c(Cl)c2)n1. The second kappa shape index (κ2) is 10.8. The predicted molar refractivity (Wildman–Crippen MR) is 147 cm³/mol. The molecule has 0 aliphatic carbocycles. The number of benzene rings is 2. The first-order valence-electron chi connectivity index (χ1n) is 13.0. The van der Waals surface area contributed by atoms with Crippen LogP contribution in [0.5, 0.6) is 0 Å². The Bertz CT molecular complexity index is 1520. The van der Waals surface area contributed by atoms with Crippen LogP contribution in [0.2, 0.25) is 5.02 Å². The fraction of sp³-hybridized carbons (Fsp3) is 0.310. The number of para-hydroxylation sites is 1. The minimum absolute atomic E-state index is 0.0786. The van der Waals surface area contributed by atoms with Gasteiger partial charge in [-0.1, -0.05) is 29.8 Å². The van der Waals surface area contributed by atoms with Gasteiger partial charge in [0.2, 0.25) is 11.8 Å². The lowest BCUT2D eigenvalue weighted by Crippen LogP contribution is -2.43. The van der Waals surface area contributed by atoms with Crippen molar-refractivity contribution in [3.8, 4) is 5.69 Å². The number of aromatic nitrogens is 2. The van der Waals surface area contributed by atoms with E-state index in [1.54, 1.807) is 47.3 Å². The van der Waals surface area contributed by atoms with E-state index in [-0.39, 0.29) is 34.9 Å². The second-order valence-electron chi connectivity index (χ2n) is 10.1. The van der Waals surface area contributed by atoms with Gasteiger partial charge in [-0.05, 0) is 50.1 Å². The normalized spacial score (nSPS) is 19.7. The highest BCUT2D eigenvalue weighted by Gasteiger charge is 2.42. The van der Waals surface area contributed by atoms with Gasteiger partial charge in [0, 0.05) is 49.5 Å². The maximum absolute atomic E-state index is 15.6. The van der Waals surface area contributed by atoms with Gasteiger partial charge in [-0.15, -0.1) is 0 Å². The largest absolute Gasteiger partial charge is 0.369 e. The zero-order valence-corrected chi connectivity index (χ0v) is 22.6. The zero-order chi connectivity index (χ0) is 28.6. The Kier molecular flexibility index (Phi) is 7.46. The van der Waals surface area contributed by atoms with Crippen LogP contribution in [0.1, 0.15) is 40.9 Å². The van der Waals surface area contributed by atoms with Crippen molar-refractivity contribution in [1.82, 2.24) is 14.7 Å². The predicted octanol–water partition coefficient (Wildman–Crippen LogP) is 4.63. The Morgan fingerprint density at radius 2 is 1.90 bits per heavy atom. The van der Waals surface area contributed by atoms with Gasteiger partial charge in [0.1, 0.15) is 0 Å². The zero-order valence-electron chi connectivity index (χ0n) is 21.8. The third-order valence-electron chi connectivity index (χ3n) is 7.35. The molecule has 1 unspecified atom stereocenters. The van der Waals surface area contributed by atoms with Gasteiger partial charge >= 0.3 is 0 Å². The van der Waals surface area contributed by atoms with Crippen molar-refractivity contribution < 1.29 is 23.2 Å². The van der Waals surface area contributed by atoms with E-state index in [2.05, 4.69) is 5.10 Å². The number of piperidine rings is 1. The first-order chi connectivity index (χ1) is 19.0. The molecular formula is C29H28ClF2N5O3. The van der Waals surface area contributed by atoms with Gasteiger partial charge in [0.25, 0.3) is 11.8 Å². The molecule has 0 spiro atoms. The number of halogens is 3. The van der Waals surface area contributed by atoms with Crippen LogP contribution in [0.15, 0.2) is 60.8 Å². The summed E-state index contributed by atoms with van der Waals surface area (Å²) in [5, 5.41) is 4.50. The number of alkyl halides is 2. The third kappa shape index (κ3) is 5.36. The molecule has 3 amide bonds. The molecule has 1 aromatic heterocycles. The van der Waals surface area contributed by atoms with Crippen LogP contribution in [-0.2, 0) is 9.59 Å². The number of nitrogens with two attached hydrogens (primary N) is 1. The molecule has 2 aliphatic heterocycles. The number of amides is 3. The molecule has 2 aromatic carbocycles. The number of anilines is 1. The van der Waals surface area contributed by atoms with Crippen molar-refractivity contribution >= 4 is 40.6 Å². The summed E-state index contributed by atoms with van der Waals surface area (Å²) in [5.74, 6) is -5.59. The van der Waals surface area contributed by atoms with Gasteiger partial charge < -0.3 is 15.5 Å². The molecule has 1 fully saturated rings. The number of carbonyl (C=O) groups excluding carboxylic acids is 3. The van der Waals surface area contributed by atoms with Gasteiger partial charge in [-0.2, -0.15) is 5.10 Å². The highest BCUT2D eigenvalue weighted by molar-refractivity contribution is 6.34. The Labute approximate surface area is 235 Å². The van der Waals surface area contributed by atoms with E-state index in [1.165, 1.54) is 15.9 Å². The fourth-order valence-corrected chi connectivity index (χ4v) is 5.44. The number of hydrogen-bond acceptors (Lipinski definition) is 4. The van der Waals surface area contributed by atoms with Crippen LogP contribution in [0.3, 0.4) is 0 Å². The fourth-order valence-electron chi connectivity index (χ4n) is 5.18. The molecular weight excluding hydrogens is 540 g/mol. The number of aryl methyl sites for hydroxylation is 1. The molecule has 8 nitrogen and oxygen atoms in total. The molecule has 208 valence electrons. The molecule has 3 heterocycles. The van der Waals surface area contributed by atoms with E-state index in [4.69, 9.17) is 17.3 Å². The molecule has 2 aliphatic rings. The van der Waals surface area contributed by atoms with Gasteiger partial charge in [-0.25, -0.2) is 13.5 Å². The summed E-state index contributed by atoms with van der Waals surface area (Å²) >= 11 is 6.51. The minimum atomic E-state index is -3.40. The lowest BCUT2D eigenvalue weighted by Gasteiger charge is -2.31. The summed E-state index contributed by atoms with van der Waals surface area (Å²) in [7, 11) is 0. The minimum Gasteiger partial charge on any atom is -0.369 e. The van der Waals surface area contributed by atoms with E-state index in [0.717, 1.165) is 11.8 Å². The van der Waals surface area contributed by atoms with E-state index in [0.29, 0.717) is 25.1 Å². The molecule has 11 heteroatoms. The topological polar surface area (TPSA) is 102 Å². The smallest absolute Gasteiger partial charge is 0.275 e. The van der Waals surface area contributed by atoms with Crippen LogP contribution >= 0.6 is 11.6 Å². The number of nitrogens with zero attached hydrogens (tertiary/aromatic N) is 4. The number of carbonyl (C=O) groups is 3. The van der Waals surface area contributed by atoms with E-state index in [1.807, 2.05) is 13.0 Å². The Morgan fingerprint density at radius 1 is 1.12 bits per heavy atom. The Hall–Kier alpha value is -4.05. The summed E-state index contributed by atoms with van der Waals surface area (Å²) in [5.41, 5.74) is 6.89. The van der Waals surface area contributed by atoms with Crippen molar-refractivity contribution in [2.75, 3.05) is 24.5 Å². The van der Waals surface area contributed by atoms with Crippen molar-refractivity contribution in [2.45, 2.75) is 32.1 Å². The van der Waals surface area contributed by atoms with Crippen molar-refractivity contribution in [2.24, 2.45) is 11.7 Å². The monoisotopic (exact) mass is 567 g/mol. The van der Waals surface area contributed by atoms with Crippen LogP contribution in [-0.4, -0.2) is 58.0 Å². The van der Waals surface area contributed by atoms with Gasteiger partial charge in [0.15, 0.2) is 0 Å². The lowest BCUT2D eigenvalue weighted by atomic mass is 9.95. The number of rotatable bonds is 4. The molecule has 0 bridgehead atoms. The maximum atomic E-state index is 15.6. The molecule has 1 saturated heterocycles. The average Bonchev–Trinajstić information content (AvgIpc) is 3.33. The molecule has 40 heavy (non-hydrogen) atoms. The summed E-state index contributed by atoms with van der Waals surface area (Å²) in [6.45, 7) is 1.99. The number of allylic oxidation sites excluding steroid dienone is 1. The van der Waals surface area contributed by atoms with Crippen LogP contribution < -0.4 is 10.6 Å². The first kappa shape index (κ1) is 27.5. The number of primary amides is 1. The number of likely N-dealkylation sites (tertiary alicyclic amines) is 1. The molecule has 0 saturated carbocycles. The summed E-state index contributed by atoms with van der Waals surface area (Å²) in [6.07, 6.45) is 3.11. The Morgan fingerprint density at radius 3 is 2.60 bits per heavy atom. The lowest BCUT2D eigenvalue weighted by molar-refractivity contribution is -0.130. The van der Waals surface area contributed by atoms with Gasteiger partial charge in [-0.3, -0.25) is 14.4 Å². The van der Waals surface area contributed by atoms with E-state index in [9.17, 15) is 14.4 Å². The molecule has 5 rings (SSSR count). The molecule has 0 radical (unpaired) electrons. The van der Waals surface area contributed by atoms with Crippen LogP contribution in [0, 0.1) is 12.8 Å². The first-order valence-corrected chi connectivity index (χ1v) is 13.3. The van der Waals surface area contributed by atoms with E-state index < -0.39 is 41.6 Å². The summed E-state index contributed by atoms with van der Waals surface area (Å²) in [6, 6.07) is 12.9. The van der Waals surface area contributed by atoms with Crippen LogP contribution in [0.4, 0.5) is 14.5 Å². The van der Waals surface area contributed by atoms with Crippen LogP contribution in [0.25, 0.3) is 11.3 Å². The van der Waals surface area contributed by atoms with E-state index >= 15 is 8.78 Å². The van der Waals surface area contributed by atoms with Crippen molar-refractivity contribution in [3.05, 3.63) is 82.6 Å². The Balaban J connectivity index is 1.49. The van der Waals surface area contributed by atoms with Crippen molar-refractivity contribution in [3.63, 3.8) is 0 Å².